The van der Waals surface area contributed by atoms with Crippen LogP contribution in [0.15, 0.2) is 28.8 Å². The van der Waals surface area contributed by atoms with Crippen LogP contribution < -0.4 is 10.5 Å². The van der Waals surface area contributed by atoms with Gasteiger partial charge in [0.15, 0.2) is 0 Å². The molecule has 1 aromatic heterocycles. The van der Waals surface area contributed by atoms with Gasteiger partial charge in [0, 0.05) is 17.5 Å². The van der Waals surface area contributed by atoms with Crippen molar-refractivity contribution in [2.24, 2.45) is 5.73 Å². The molecular formula is C16H23N3O2. The normalized spacial score (nSPS) is 13.9. The summed E-state index contributed by atoms with van der Waals surface area (Å²) in [4.78, 5) is 4.48. The van der Waals surface area contributed by atoms with Crippen molar-refractivity contribution in [2.75, 3.05) is 7.11 Å². The number of aromatic nitrogens is 2. The zero-order chi connectivity index (χ0) is 15.2. The largest absolute Gasteiger partial charge is 0.497 e. The van der Waals surface area contributed by atoms with Gasteiger partial charge in [0.05, 0.1) is 7.11 Å². The third kappa shape index (κ3) is 4.29. The maximum Gasteiger partial charge on any atom is 0.229 e. The van der Waals surface area contributed by atoms with E-state index in [1.807, 2.05) is 31.2 Å². The highest BCUT2D eigenvalue weighted by molar-refractivity contribution is 5.55. The first-order chi connectivity index (χ1) is 10.1. The van der Waals surface area contributed by atoms with Crippen molar-refractivity contribution in [1.29, 1.82) is 0 Å². The molecule has 0 spiro atoms. The maximum absolute atomic E-state index is 5.76. The van der Waals surface area contributed by atoms with Crippen molar-refractivity contribution in [2.45, 2.75) is 45.1 Å². The van der Waals surface area contributed by atoms with E-state index in [0.717, 1.165) is 30.6 Å². The van der Waals surface area contributed by atoms with Gasteiger partial charge in [0.1, 0.15) is 5.75 Å². The monoisotopic (exact) mass is 289 g/mol. The molecule has 5 heteroatoms. The summed E-state index contributed by atoms with van der Waals surface area (Å²) in [6, 6.07) is 7.87. The van der Waals surface area contributed by atoms with E-state index in [4.69, 9.17) is 15.0 Å². The number of benzene rings is 1. The molecule has 0 aliphatic carbocycles. The highest BCUT2D eigenvalue weighted by Gasteiger charge is 2.15. The summed E-state index contributed by atoms with van der Waals surface area (Å²) in [5.41, 5.74) is 6.68. The molecule has 0 aliphatic heterocycles. The highest BCUT2D eigenvalue weighted by Crippen LogP contribution is 2.24. The maximum atomic E-state index is 5.76. The number of hydrogen-bond donors (Lipinski definition) is 1. The number of ether oxygens (including phenoxy) is 1. The summed E-state index contributed by atoms with van der Waals surface area (Å²) < 4.78 is 10.5. The van der Waals surface area contributed by atoms with Crippen molar-refractivity contribution in [1.82, 2.24) is 10.1 Å². The third-order valence-electron chi connectivity index (χ3n) is 3.51. The lowest BCUT2D eigenvalue weighted by molar-refractivity contribution is 0.350. The first-order valence-corrected chi connectivity index (χ1v) is 7.33. The topological polar surface area (TPSA) is 74.2 Å². The molecule has 0 fully saturated rings. The first-order valence-electron chi connectivity index (χ1n) is 7.33. The smallest absolute Gasteiger partial charge is 0.229 e. The molecule has 0 amide bonds. The van der Waals surface area contributed by atoms with Crippen LogP contribution in [0.5, 0.6) is 5.75 Å². The first kappa shape index (κ1) is 15.5. The predicted molar refractivity (Wildman–Crippen MR) is 82.2 cm³/mol. The lowest BCUT2D eigenvalue weighted by Gasteiger charge is -2.07. The molecule has 0 saturated heterocycles. The van der Waals surface area contributed by atoms with E-state index < -0.39 is 0 Å². The van der Waals surface area contributed by atoms with Crippen molar-refractivity contribution in [3.63, 3.8) is 0 Å². The fourth-order valence-corrected chi connectivity index (χ4v) is 2.16. The number of rotatable bonds is 7. The van der Waals surface area contributed by atoms with Crippen LogP contribution >= 0.6 is 0 Å². The molecule has 0 radical (unpaired) electrons. The van der Waals surface area contributed by atoms with E-state index in [2.05, 4.69) is 17.1 Å². The van der Waals surface area contributed by atoms with Crippen LogP contribution in [0.25, 0.3) is 11.4 Å². The Morgan fingerprint density at radius 2 is 1.90 bits per heavy atom. The van der Waals surface area contributed by atoms with Gasteiger partial charge in [0.2, 0.25) is 11.7 Å². The van der Waals surface area contributed by atoms with E-state index in [0.29, 0.717) is 11.7 Å². The molecular weight excluding hydrogens is 266 g/mol. The molecule has 0 bridgehead atoms. The summed E-state index contributed by atoms with van der Waals surface area (Å²) in [6.45, 7) is 4.13. The summed E-state index contributed by atoms with van der Waals surface area (Å²) in [6.07, 6.45) is 3.09. The standard InChI is InChI=1S/C16H23N3O2/c1-11(5-4-6-12(2)17)16-18-15(19-21-16)13-7-9-14(20-3)10-8-13/h7-12H,4-6,17H2,1-3H3. The SMILES string of the molecule is COc1ccc(-c2noc(C(C)CCCC(C)N)n2)cc1. The Balaban J connectivity index is 1.99. The molecule has 21 heavy (non-hydrogen) atoms. The van der Waals surface area contributed by atoms with Crippen LogP contribution in [0.4, 0.5) is 0 Å². The molecule has 1 heterocycles. The molecule has 2 rings (SSSR count). The number of methoxy groups -OCH3 is 1. The number of nitrogens with two attached hydrogens (primary N) is 1. The quantitative estimate of drug-likeness (QED) is 0.846. The zero-order valence-electron chi connectivity index (χ0n) is 12.9. The van der Waals surface area contributed by atoms with Crippen LogP contribution in [0, 0.1) is 0 Å². The minimum atomic E-state index is 0.245. The van der Waals surface area contributed by atoms with Gasteiger partial charge >= 0.3 is 0 Å². The summed E-state index contributed by atoms with van der Waals surface area (Å²) in [5, 5.41) is 4.05. The average Bonchev–Trinajstić information content (AvgIpc) is 2.97. The molecule has 114 valence electrons. The van der Waals surface area contributed by atoms with Crippen LogP contribution in [-0.2, 0) is 0 Å². The summed E-state index contributed by atoms with van der Waals surface area (Å²) in [5.74, 6) is 2.37. The minimum Gasteiger partial charge on any atom is -0.497 e. The van der Waals surface area contributed by atoms with Crippen LogP contribution in [0.1, 0.15) is 44.9 Å². The lowest BCUT2D eigenvalue weighted by atomic mass is 10.0. The second-order valence-electron chi connectivity index (χ2n) is 5.49. The van der Waals surface area contributed by atoms with E-state index in [1.54, 1.807) is 7.11 Å². The molecule has 2 unspecified atom stereocenters. The Labute approximate surface area is 125 Å². The van der Waals surface area contributed by atoms with Gasteiger partial charge in [-0.1, -0.05) is 18.5 Å². The van der Waals surface area contributed by atoms with Gasteiger partial charge in [-0.2, -0.15) is 4.98 Å². The fraction of sp³-hybridized carbons (Fsp3) is 0.500. The van der Waals surface area contributed by atoms with Crippen LogP contribution in [0.3, 0.4) is 0 Å². The third-order valence-corrected chi connectivity index (χ3v) is 3.51. The molecule has 0 saturated carbocycles. The Bertz CT molecular complexity index is 549. The second kappa shape index (κ2) is 7.22. The number of hydrogen-bond acceptors (Lipinski definition) is 5. The van der Waals surface area contributed by atoms with Gasteiger partial charge in [0.25, 0.3) is 0 Å². The second-order valence-corrected chi connectivity index (χ2v) is 5.49. The van der Waals surface area contributed by atoms with E-state index in [9.17, 15) is 0 Å². The number of nitrogens with zero attached hydrogens (tertiary/aromatic N) is 2. The van der Waals surface area contributed by atoms with Crippen LogP contribution in [0.2, 0.25) is 0 Å². The Hall–Kier alpha value is -1.88. The Kier molecular flexibility index (Phi) is 5.33. The van der Waals surface area contributed by atoms with Crippen molar-refractivity contribution >= 4 is 0 Å². The van der Waals surface area contributed by atoms with Crippen molar-refractivity contribution < 1.29 is 9.26 Å². The van der Waals surface area contributed by atoms with Crippen molar-refractivity contribution in [3.8, 4) is 17.1 Å². The van der Waals surface area contributed by atoms with Gasteiger partial charge in [-0.15, -0.1) is 0 Å². The van der Waals surface area contributed by atoms with E-state index in [1.165, 1.54) is 0 Å². The lowest BCUT2D eigenvalue weighted by Crippen LogP contribution is -2.14. The van der Waals surface area contributed by atoms with Crippen molar-refractivity contribution in [3.05, 3.63) is 30.2 Å². The van der Waals surface area contributed by atoms with Gasteiger partial charge in [-0.3, -0.25) is 0 Å². The molecule has 2 N–H and O–H groups in total. The van der Waals surface area contributed by atoms with E-state index in [-0.39, 0.29) is 12.0 Å². The highest BCUT2D eigenvalue weighted by atomic mass is 16.5. The molecule has 2 atom stereocenters. The fourth-order valence-electron chi connectivity index (χ4n) is 2.16. The van der Waals surface area contributed by atoms with Gasteiger partial charge in [-0.25, -0.2) is 0 Å². The van der Waals surface area contributed by atoms with Gasteiger partial charge in [-0.05, 0) is 44.0 Å². The zero-order valence-corrected chi connectivity index (χ0v) is 12.9. The Morgan fingerprint density at radius 3 is 2.52 bits per heavy atom. The van der Waals surface area contributed by atoms with Crippen LogP contribution in [-0.4, -0.2) is 23.3 Å². The van der Waals surface area contributed by atoms with Gasteiger partial charge < -0.3 is 15.0 Å². The summed E-state index contributed by atoms with van der Waals surface area (Å²) in [7, 11) is 1.64. The minimum absolute atomic E-state index is 0.245. The molecule has 1 aromatic carbocycles. The van der Waals surface area contributed by atoms with E-state index >= 15 is 0 Å². The average molecular weight is 289 g/mol. The predicted octanol–water partition coefficient (Wildman–Crippen LogP) is 3.37. The molecule has 5 nitrogen and oxygen atoms in total. The Morgan fingerprint density at radius 1 is 1.19 bits per heavy atom. The molecule has 2 aromatic rings. The summed E-state index contributed by atoms with van der Waals surface area (Å²) >= 11 is 0. The molecule has 0 aliphatic rings.